The van der Waals surface area contributed by atoms with Crippen molar-refractivity contribution < 1.29 is 0 Å². The maximum Gasteiger partial charge on any atom is 0.0725 e. The van der Waals surface area contributed by atoms with Crippen LogP contribution in [0.15, 0.2) is 102 Å². The minimum atomic E-state index is -0.303. The summed E-state index contributed by atoms with van der Waals surface area (Å²) >= 11 is 3.82. The Morgan fingerprint density at radius 1 is 0.815 bits per heavy atom. The first-order chi connectivity index (χ1) is 13.2. The molecule has 1 heteroatoms. The first-order valence-electron chi connectivity index (χ1n) is 9.22. The van der Waals surface area contributed by atoms with E-state index in [-0.39, 0.29) is 5.41 Å². The number of allylic oxidation sites excluding steroid dienone is 5. The number of hydrogen-bond acceptors (Lipinski definition) is 0. The number of hydrogen-bond donors (Lipinski definition) is 0. The van der Waals surface area contributed by atoms with Gasteiger partial charge in [0.1, 0.15) is 0 Å². The summed E-state index contributed by atoms with van der Waals surface area (Å²) in [7, 11) is 0. The van der Waals surface area contributed by atoms with E-state index < -0.39 is 0 Å². The SMILES string of the molecule is C=C1/C(=C\C=C/C)C2(c3ccccc31)c1ccccc1-c1c(Br)cccc12. The lowest BCUT2D eigenvalue weighted by Gasteiger charge is -2.30. The number of fused-ring (bicyclic) bond motifs is 7. The van der Waals surface area contributed by atoms with Crippen molar-refractivity contribution in [1.82, 2.24) is 0 Å². The zero-order valence-electron chi connectivity index (χ0n) is 15.2. The van der Waals surface area contributed by atoms with E-state index in [0.29, 0.717) is 0 Å². The van der Waals surface area contributed by atoms with Crippen molar-refractivity contribution in [3.05, 3.63) is 124 Å². The Labute approximate surface area is 168 Å². The molecule has 1 unspecified atom stereocenters. The van der Waals surface area contributed by atoms with Gasteiger partial charge in [0, 0.05) is 10.0 Å². The number of benzene rings is 3. The van der Waals surface area contributed by atoms with Gasteiger partial charge in [-0.1, -0.05) is 101 Å². The first kappa shape index (κ1) is 16.5. The summed E-state index contributed by atoms with van der Waals surface area (Å²) in [5, 5.41) is 0. The van der Waals surface area contributed by atoms with Crippen LogP contribution in [0.2, 0.25) is 0 Å². The van der Waals surface area contributed by atoms with Crippen LogP contribution in [0.1, 0.15) is 29.2 Å². The number of halogens is 1. The molecule has 0 bridgehead atoms. The van der Waals surface area contributed by atoms with Crippen molar-refractivity contribution in [3.63, 3.8) is 0 Å². The highest BCUT2D eigenvalue weighted by Gasteiger charge is 2.52. The fourth-order valence-corrected chi connectivity index (χ4v) is 5.45. The summed E-state index contributed by atoms with van der Waals surface area (Å²) in [5.41, 5.74) is 9.93. The van der Waals surface area contributed by atoms with Crippen LogP contribution in [0.5, 0.6) is 0 Å². The summed E-state index contributed by atoms with van der Waals surface area (Å²) in [5.74, 6) is 0. The van der Waals surface area contributed by atoms with E-state index in [4.69, 9.17) is 0 Å². The van der Waals surface area contributed by atoms with E-state index in [0.717, 1.165) is 10.0 Å². The van der Waals surface area contributed by atoms with Crippen LogP contribution in [0, 0.1) is 0 Å². The van der Waals surface area contributed by atoms with Crippen LogP contribution in [-0.4, -0.2) is 0 Å². The molecule has 27 heavy (non-hydrogen) atoms. The van der Waals surface area contributed by atoms with Gasteiger partial charge in [-0.2, -0.15) is 0 Å². The molecule has 2 aliphatic carbocycles. The van der Waals surface area contributed by atoms with Gasteiger partial charge >= 0.3 is 0 Å². The summed E-state index contributed by atoms with van der Waals surface area (Å²) in [6.07, 6.45) is 6.46. The zero-order chi connectivity index (χ0) is 18.6. The predicted octanol–water partition coefficient (Wildman–Crippen LogP) is 7.29. The molecule has 2 aliphatic rings. The Morgan fingerprint density at radius 2 is 1.44 bits per heavy atom. The largest absolute Gasteiger partial charge is 0.0908 e. The van der Waals surface area contributed by atoms with Gasteiger partial charge in [-0.25, -0.2) is 0 Å². The van der Waals surface area contributed by atoms with E-state index >= 15 is 0 Å². The van der Waals surface area contributed by atoms with E-state index in [1.807, 2.05) is 0 Å². The highest BCUT2D eigenvalue weighted by molar-refractivity contribution is 9.10. The molecule has 0 heterocycles. The standard InChI is InChI=1S/C26H19Br/c1-3-4-12-20-17(2)18-10-5-7-13-21(18)26(20)22-14-8-6-11-19(22)25-23(26)15-9-16-24(25)27/h3-16H,2H2,1H3/b4-3-,20-12+. The van der Waals surface area contributed by atoms with Crippen LogP contribution in [0.4, 0.5) is 0 Å². The van der Waals surface area contributed by atoms with Gasteiger partial charge in [0.15, 0.2) is 0 Å². The third-order valence-corrected chi connectivity index (χ3v) is 6.52. The number of rotatable bonds is 1. The monoisotopic (exact) mass is 410 g/mol. The maximum atomic E-state index is 4.50. The summed E-state index contributed by atoms with van der Waals surface area (Å²) in [6.45, 7) is 6.56. The van der Waals surface area contributed by atoms with Gasteiger partial charge in [0.05, 0.1) is 5.41 Å². The lowest BCUT2D eigenvalue weighted by atomic mass is 9.70. The van der Waals surface area contributed by atoms with Gasteiger partial charge in [-0.15, -0.1) is 0 Å². The van der Waals surface area contributed by atoms with Gasteiger partial charge in [0.25, 0.3) is 0 Å². The average Bonchev–Trinajstić information content (AvgIpc) is 3.14. The van der Waals surface area contributed by atoms with Crippen LogP contribution >= 0.6 is 15.9 Å². The molecule has 0 saturated heterocycles. The van der Waals surface area contributed by atoms with Crippen molar-refractivity contribution >= 4 is 21.5 Å². The van der Waals surface area contributed by atoms with E-state index in [1.54, 1.807) is 0 Å². The molecule has 1 atom stereocenters. The maximum absolute atomic E-state index is 4.50. The van der Waals surface area contributed by atoms with Crippen molar-refractivity contribution in [2.45, 2.75) is 12.3 Å². The zero-order valence-corrected chi connectivity index (χ0v) is 16.8. The molecule has 0 saturated carbocycles. The van der Waals surface area contributed by atoms with E-state index in [1.165, 1.54) is 39.0 Å². The molecule has 130 valence electrons. The molecule has 0 fully saturated rings. The average molecular weight is 411 g/mol. The fraction of sp³-hybridized carbons (Fsp3) is 0.0769. The van der Waals surface area contributed by atoms with Gasteiger partial charge in [-0.05, 0) is 52.0 Å². The van der Waals surface area contributed by atoms with Crippen LogP contribution in [0.25, 0.3) is 16.7 Å². The van der Waals surface area contributed by atoms with E-state index in [9.17, 15) is 0 Å². The third-order valence-electron chi connectivity index (χ3n) is 5.86. The Hall–Kier alpha value is -2.64. The summed E-state index contributed by atoms with van der Waals surface area (Å²) < 4.78 is 1.14. The lowest BCUT2D eigenvalue weighted by molar-refractivity contribution is 0.794. The molecule has 3 aromatic rings. The second-order valence-electron chi connectivity index (χ2n) is 7.09. The molecular formula is C26H19Br. The van der Waals surface area contributed by atoms with Crippen molar-refractivity contribution in [2.24, 2.45) is 0 Å². The molecule has 0 N–H and O–H groups in total. The molecular weight excluding hydrogens is 392 g/mol. The highest BCUT2D eigenvalue weighted by Crippen LogP contribution is 2.64. The molecule has 3 aromatic carbocycles. The Bertz CT molecular complexity index is 1160. The van der Waals surface area contributed by atoms with Crippen molar-refractivity contribution in [1.29, 1.82) is 0 Å². The second kappa shape index (κ2) is 5.94. The summed E-state index contributed by atoms with van der Waals surface area (Å²) in [4.78, 5) is 0. The minimum absolute atomic E-state index is 0.303. The van der Waals surface area contributed by atoms with Crippen molar-refractivity contribution in [2.75, 3.05) is 0 Å². The van der Waals surface area contributed by atoms with Crippen LogP contribution in [0.3, 0.4) is 0 Å². The normalized spacial score (nSPS) is 21.1. The molecule has 0 aromatic heterocycles. The van der Waals surface area contributed by atoms with Crippen LogP contribution in [-0.2, 0) is 5.41 Å². The fourth-order valence-electron chi connectivity index (χ4n) is 4.87. The molecule has 5 rings (SSSR count). The van der Waals surface area contributed by atoms with Crippen LogP contribution < -0.4 is 0 Å². The molecule has 0 amide bonds. The molecule has 0 radical (unpaired) electrons. The first-order valence-corrected chi connectivity index (χ1v) is 10.0. The smallest absolute Gasteiger partial charge is 0.0725 e. The Balaban J connectivity index is 2.01. The Morgan fingerprint density at radius 3 is 2.19 bits per heavy atom. The highest BCUT2D eigenvalue weighted by atomic mass is 79.9. The quantitative estimate of drug-likeness (QED) is 0.394. The molecule has 0 nitrogen and oxygen atoms in total. The predicted molar refractivity (Wildman–Crippen MR) is 118 cm³/mol. The van der Waals surface area contributed by atoms with Gasteiger partial charge in [-0.3, -0.25) is 0 Å². The third kappa shape index (κ3) is 1.98. The molecule has 0 aliphatic heterocycles. The van der Waals surface area contributed by atoms with Crippen molar-refractivity contribution in [3.8, 4) is 11.1 Å². The topological polar surface area (TPSA) is 0 Å². The minimum Gasteiger partial charge on any atom is -0.0908 e. The Kier molecular flexibility index (Phi) is 3.63. The lowest BCUT2D eigenvalue weighted by Crippen LogP contribution is -2.25. The van der Waals surface area contributed by atoms with E-state index in [2.05, 4.69) is 114 Å². The van der Waals surface area contributed by atoms with Gasteiger partial charge in [0.2, 0.25) is 0 Å². The second-order valence-corrected chi connectivity index (χ2v) is 7.94. The van der Waals surface area contributed by atoms with Gasteiger partial charge < -0.3 is 0 Å². The molecule has 1 spiro atoms. The summed E-state index contributed by atoms with van der Waals surface area (Å²) in [6, 6.07) is 24.1.